The molecular formula is C11H9NO3. The number of carbonyl (C=O) groups is 2. The van der Waals surface area contributed by atoms with E-state index in [0.29, 0.717) is 6.42 Å². The average Bonchev–Trinajstić information content (AvgIpc) is 2.27. The molecule has 0 saturated heterocycles. The Morgan fingerprint density at radius 3 is 2.73 bits per heavy atom. The van der Waals surface area contributed by atoms with Crippen LogP contribution in [0, 0.1) is 0 Å². The molecule has 0 radical (unpaired) electrons. The first-order valence-electron chi connectivity index (χ1n) is 4.49. The molecule has 0 saturated carbocycles. The summed E-state index contributed by atoms with van der Waals surface area (Å²) in [5.74, 6) is -2.26. The molecule has 0 aliphatic carbocycles. The fraction of sp³-hybridized carbons (Fsp3) is 0.0909. The summed E-state index contributed by atoms with van der Waals surface area (Å²) in [5.41, 5.74) is 2.13. The van der Waals surface area contributed by atoms with E-state index in [2.05, 4.69) is 5.32 Å². The van der Waals surface area contributed by atoms with Crippen molar-refractivity contribution in [2.75, 3.05) is 5.32 Å². The fourth-order valence-electron chi connectivity index (χ4n) is 1.52. The summed E-state index contributed by atoms with van der Waals surface area (Å²) in [6.07, 6.45) is 1.83. The minimum absolute atomic E-state index is 0.279. The third-order valence-electron chi connectivity index (χ3n) is 2.29. The van der Waals surface area contributed by atoms with E-state index >= 15 is 0 Å². The van der Waals surface area contributed by atoms with Crippen LogP contribution < -0.4 is 5.32 Å². The molecule has 0 bridgehead atoms. The third kappa shape index (κ3) is 1.74. The number of Topliss-reactive ketones (excluding diaryl/α,β-unsaturated/α-hetero) is 1. The lowest BCUT2D eigenvalue weighted by Gasteiger charge is -2.16. The summed E-state index contributed by atoms with van der Waals surface area (Å²) in [7, 11) is 0. The van der Waals surface area contributed by atoms with Crippen LogP contribution in [0.5, 0.6) is 0 Å². The molecule has 1 aliphatic heterocycles. The summed E-state index contributed by atoms with van der Waals surface area (Å²) in [4.78, 5) is 21.7. The van der Waals surface area contributed by atoms with Crippen LogP contribution in [0.2, 0.25) is 0 Å². The van der Waals surface area contributed by atoms with Crippen molar-refractivity contribution in [1.82, 2.24) is 0 Å². The average molecular weight is 203 g/mol. The van der Waals surface area contributed by atoms with Gasteiger partial charge in [0.05, 0.1) is 0 Å². The van der Waals surface area contributed by atoms with Crippen molar-refractivity contribution in [3.05, 3.63) is 41.6 Å². The van der Waals surface area contributed by atoms with Crippen molar-refractivity contribution in [2.45, 2.75) is 6.42 Å². The first kappa shape index (κ1) is 9.45. The summed E-state index contributed by atoms with van der Waals surface area (Å²) in [6, 6.07) is 7.48. The summed E-state index contributed by atoms with van der Waals surface area (Å²) < 4.78 is 0. The molecule has 4 nitrogen and oxygen atoms in total. The van der Waals surface area contributed by atoms with Gasteiger partial charge in [0, 0.05) is 23.9 Å². The van der Waals surface area contributed by atoms with Crippen molar-refractivity contribution in [1.29, 1.82) is 0 Å². The molecule has 0 amide bonds. The van der Waals surface area contributed by atoms with Gasteiger partial charge >= 0.3 is 5.97 Å². The van der Waals surface area contributed by atoms with Crippen LogP contribution in [0.1, 0.15) is 5.56 Å². The van der Waals surface area contributed by atoms with Gasteiger partial charge in [-0.05, 0) is 11.6 Å². The Morgan fingerprint density at radius 1 is 1.27 bits per heavy atom. The standard InChI is InChI=1S/C11H9NO3/c13-10(11(14)15)8-5-7-3-1-2-4-9(7)12-6-8/h1-4,6,12H,5H2,(H,14,15). The van der Waals surface area contributed by atoms with E-state index < -0.39 is 11.8 Å². The summed E-state index contributed by atoms with van der Waals surface area (Å²) >= 11 is 0. The van der Waals surface area contributed by atoms with Gasteiger partial charge in [0.2, 0.25) is 0 Å². The van der Waals surface area contributed by atoms with E-state index in [4.69, 9.17) is 5.11 Å². The number of fused-ring (bicyclic) bond motifs is 1. The maximum absolute atomic E-state index is 11.2. The van der Waals surface area contributed by atoms with Crippen molar-refractivity contribution < 1.29 is 14.7 Å². The van der Waals surface area contributed by atoms with Gasteiger partial charge in [-0.15, -0.1) is 0 Å². The topological polar surface area (TPSA) is 66.4 Å². The zero-order valence-corrected chi connectivity index (χ0v) is 7.86. The second kappa shape index (κ2) is 3.57. The number of anilines is 1. The molecule has 2 N–H and O–H groups in total. The molecule has 1 aromatic carbocycles. The van der Waals surface area contributed by atoms with Crippen molar-refractivity contribution >= 4 is 17.4 Å². The number of nitrogens with one attached hydrogen (secondary N) is 1. The highest BCUT2D eigenvalue weighted by Gasteiger charge is 2.21. The van der Waals surface area contributed by atoms with E-state index in [-0.39, 0.29) is 5.57 Å². The van der Waals surface area contributed by atoms with E-state index in [1.54, 1.807) is 0 Å². The Bertz CT molecular complexity index is 463. The molecule has 0 fully saturated rings. The number of carboxylic acid groups (broad SMARTS) is 1. The van der Waals surface area contributed by atoms with Crippen LogP contribution in [0.4, 0.5) is 5.69 Å². The lowest BCUT2D eigenvalue weighted by atomic mass is 9.98. The number of para-hydroxylation sites is 1. The number of carboxylic acids is 1. The Balaban J connectivity index is 2.27. The Hall–Kier alpha value is -2.10. The Morgan fingerprint density at radius 2 is 2.00 bits per heavy atom. The number of hydrogen-bond acceptors (Lipinski definition) is 3. The maximum atomic E-state index is 11.2. The second-order valence-electron chi connectivity index (χ2n) is 3.28. The molecule has 0 spiro atoms. The normalized spacial score (nSPS) is 13.5. The smallest absolute Gasteiger partial charge is 0.376 e. The molecule has 1 aromatic rings. The van der Waals surface area contributed by atoms with Gasteiger partial charge in [-0.2, -0.15) is 0 Å². The van der Waals surface area contributed by atoms with Gasteiger partial charge in [0.25, 0.3) is 5.78 Å². The molecule has 2 rings (SSSR count). The first-order valence-corrected chi connectivity index (χ1v) is 4.49. The molecule has 76 valence electrons. The molecule has 4 heteroatoms. The van der Waals surface area contributed by atoms with Gasteiger partial charge in [0.1, 0.15) is 0 Å². The number of aliphatic carboxylic acids is 1. The molecule has 1 heterocycles. The highest BCUT2D eigenvalue weighted by molar-refractivity contribution is 6.39. The highest BCUT2D eigenvalue weighted by atomic mass is 16.4. The molecule has 15 heavy (non-hydrogen) atoms. The van der Waals surface area contributed by atoms with E-state index in [1.807, 2.05) is 24.3 Å². The van der Waals surface area contributed by atoms with Crippen molar-refractivity contribution in [2.24, 2.45) is 0 Å². The van der Waals surface area contributed by atoms with Crippen LogP contribution >= 0.6 is 0 Å². The zero-order valence-electron chi connectivity index (χ0n) is 7.86. The van der Waals surface area contributed by atoms with Gasteiger partial charge in [-0.25, -0.2) is 4.79 Å². The maximum Gasteiger partial charge on any atom is 0.376 e. The minimum Gasteiger partial charge on any atom is -0.475 e. The van der Waals surface area contributed by atoms with Gasteiger partial charge < -0.3 is 10.4 Å². The van der Waals surface area contributed by atoms with E-state index in [0.717, 1.165) is 11.3 Å². The van der Waals surface area contributed by atoms with E-state index in [9.17, 15) is 9.59 Å². The van der Waals surface area contributed by atoms with Crippen LogP contribution in [0.15, 0.2) is 36.0 Å². The largest absolute Gasteiger partial charge is 0.475 e. The molecule has 0 unspecified atom stereocenters. The lowest BCUT2D eigenvalue weighted by Crippen LogP contribution is -2.20. The Kier molecular flexibility index (Phi) is 2.25. The monoisotopic (exact) mass is 203 g/mol. The molecular weight excluding hydrogens is 194 g/mol. The fourth-order valence-corrected chi connectivity index (χ4v) is 1.52. The van der Waals surface area contributed by atoms with Crippen LogP contribution in [-0.2, 0) is 16.0 Å². The number of hydrogen-bond donors (Lipinski definition) is 2. The minimum atomic E-state index is -1.41. The summed E-state index contributed by atoms with van der Waals surface area (Å²) in [6.45, 7) is 0. The number of benzene rings is 1. The number of ketones is 1. The lowest BCUT2D eigenvalue weighted by molar-refractivity contribution is -0.147. The van der Waals surface area contributed by atoms with Crippen LogP contribution in [0.25, 0.3) is 0 Å². The van der Waals surface area contributed by atoms with Gasteiger partial charge in [-0.1, -0.05) is 18.2 Å². The molecule has 0 aromatic heterocycles. The number of rotatable bonds is 2. The second-order valence-corrected chi connectivity index (χ2v) is 3.28. The Labute approximate surface area is 86.2 Å². The van der Waals surface area contributed by atoms with Gasteiger partial charge in [0.15, 0.2) is 0 Å². The van der Waals surface area contributed by atoms with Crippen LogP contribution in [0.3, 0.4) is 0 Å². The molecule has 1 aliphatic rings. The first-order chi connectivity index (χ1) is 7.18. The third-order valence-corrected chi connectivity index (χ3v) is 2.29. The SMILES string of the molecule is O=C(O)C(=O)C1=CNc2ccccc2C1. The predicted molar refractivity (Wildman–Crippen MR) is 54.5 cm³/mol. The number of carbonyl (C=O) groups excluding carboxylic acids is 1. The predicted octanol–water partition coefficient (Wildman–Crippen LogP) is 1.19. The van der Waals surface area contributed by atoms with Gasteiger partial charge in [-0.3, -0.25) is 4.79 Å². The highest BCUT2D eigenvalue weighted by Crippen LogP contribution is 2.23. The van der Waals surface area contributed by atoms with Crippen LogP contribution in [-0.4, -0.2) is 16.9 Å². The van der Waals surface area contributed by atoms with Crippen molar-refractivity contribution in [3.8, 4) is 0 Å². The zero-order chi connectivity index (χ0) is 10.8. The summed E-state index contributed by atoms with van der Waals surface area (Å²) in [5, 5.41) is 11.5. The van der Waals surface area contributed by atoms with Crippen molar-refractivity contribution in [3.63, 3.8) is 0 Å². The quantitative estimate of drug-likeness (QED) is 0.708. The molecule has 0 atom stereocenters. The van der Waals surface area contributed by atoms with E-state index in [1.165, 1.54) is 6.20 Å².